The van der Waals surface area contributed by atoms with E-state index in [2.05, 4.69) is 22.7 Å². The lowest BCUT2D eigenvalue weighted by molar-refractivity contribution is 0.306. The minimum absolute atomic E-state index is 0.0659. The topological polar surface area (TPSA) is 59.6 Å². The van der Waals surface area contributed by atoms with Gasteiger partial charge in [0.2, 0.25) is 0 Å². The van der Waals surface area contributed by atoms with Crippen LogP contribution in [0.4, 0.5) is 0 Å². The number of benzene rings is 2. The van der Waals surface area contributed by atoms with E-state index in [0.717, 1.165) is 5.56 Å². The molecular weight excluding hydrogens is 341 g/mol. The summed E-state index contributed by atoms with van der Waals surface area (Å²) in [6.07, 6.45) is 1.50. The zero-order valence-electron chi connectivity index (χ0n) is 11.4. The minimum atomic E-state index is 0.0659. The van der Waals surface area contributed by atoms with Crippen LogP contribution in [0.15, 0.2) is 47.6 Å². The van der Waals surface area contributed by atoms with Crippen LogP contribution >= 0.6 is 35.4 Å². The number of thiocarbonyl (C=S) groups is 1. The zero-order valence-corrected chi connectivity index (χ0v) is 13.8. The van der Waals surface area contributed by atoms with Crippen molar-refractivity contribution in [3.05, 3.63) is 63.6 Å². The molecule has 0 saturated heterocycles. The van der Waals surface area contributed by atoms with Crippen molar-refractivity contribution in [2.45, 2.75) is 6.61 Å². The maximum atomic E-state index is 6.20. The third-order valence-corrected chi connectivity index (χ3v) is 3.23. The first-order chi connectivity index (χ1) is 10.6. The molecule has 0 aliphatic rings. The Bertz CT molecular complexity index is 693. The van der Waals surface area contributed by atoms with Crippen LogP contribution in [-0.4, -0.2) is 11.3 Å². The first-order valence-corrected chi connectivity index (χ1v) is 7.47. The normalized spacial score (nSPS) is 10.6. The number of hydrazone groups is 1. The Balaban J connectivity index is 2.21. The SMILES string of the molecule is NC(=S)N/N=C\c1cc(Cl)cc(Cl)c1OCc1ccccc1. The van der Waals surface area contributed by atoms with E-state index < -0.39 is 0 Å². The minimum Gasteiger partial charge on any atom is -0.487 e. The fourth-order valence-corrected chi connectivity index (χ4v) is 2.34. The standard InChI is InChI=1S/C15H13Cl2N3OS/c16-12-6-11(8-19-20-15(18)22)14(13(17)7-12)21-9-10-4-2-1-3-5-10/h1-8H,9H2,(H3,18,20,22)/b19-8-. The number of nitrogens with zero attached hydrogens (tertiary/aromatic N) is 1. The van der Waals surface area contributed by atoms with Gasteiger partial charge in [-0.2, -0.15) is 5.10 Å². The fraction of sp³-hybridized carbons (Fsp3) is 0.0667. The van der Waals surface area contributed by atoms with Crippen LogP contribution in [0.1, 0.15) is 11.1 Å². The molecule has 0 fully saturated rings. The Morgan fingerprint density at radius 3 is 2.68 bits per heavy atom. The summed E-state index contributed by atoms with van der Waals surface area (Å²) in [5.74, 6) is 0.489. The predicted octanol–water partition coefficient (Wildman–Crippen LogP) is 3.74. The van der Waals surface area contributed by atoms with Gasteiger partial charge in [-0.15, -0.1) is 0 Å². The van der Waals surface area contributed by atoms with Crippen LogP contribution in [0.3, 0.4) is 0 Å². The van der Waals surface area contributed by atoms with Crippen molar-refractivity contribution in [1.29, 1.82) is 0 Å². The van der Waals surface area contributed by atoms with Gasteiger partial charge in [0.15, 0.2) is 5.11 Å². The molecule has 2 rings (SSSR count). The largest absolute Gasteiger partial charge is 0.487 e. The van der Waals surface area contributed by atoms with Crippen molar-refractivity contribution in [3.63, 3.8) is 0 Å². The van der Waals surface area contributed by atoms with Gasteiger partial charge < -0.3 is 10.5 Å². The van der Waals surface area contributed by atoms with Crippen LogP contribution in [0.2, 0.25) is 10.0 Å². The Labute approximate surface area is 143 Å². The number of halogens is 2. The fourth-order valence-electron chi connectivity index (χ4n) is 1.72. The number of rotatable bonds is 5. The summed E-state index contributed by atoms with van der Waals surface area (Å²) in [6.45, 7) is 0.381. The first kappa shape index (κ1) is 16.5. The zero-order chi connectivity index (χ0) is 15.9. The second kappa shape index (κ2) is 7.98. The molecule has 0 aliphatic carbocycles. The van der Waals surface area contributed by atoms with Gasteiger partial charge >= 0.3 is 0 Å². The molecule has 0 spiro atoms. The number of hydrogen-bond donors (Lipinski definition) is 2. The van der Waals surface area contributed by atoms with E-state index >= 15 is 0 Å². The third-order valence-electron chi connectivity index (χ3n) is 2.64. The quantitative estimate of drug-likeness (QED) is 0.488. The molecule has 2 aromatic rings. The summed E-state index contributed by atoms with van der Waals surface area (Å²) < 4.78 is 5.79. The molecule has 0 aliphatic heterocycles. The summed E-state index contributed by atoms with van der Waals surface area (Å²) in [5, 5.41) is 4.85. The smallest absolute Gasteiger partial charge is 0.184 e. The molecule has 3 N–H and O–H groups in total. The molecule has 7 heteroatoms. The monoisotopic (exact) mass is 353 g/mol. The van der Waals surface area contributed by atoms with Crippen LogP contribution in [-0.2, 0) is 6.61 Å². The highest BCUT2D eigenvalue weighted by molar-refractivity contribution is 7.80. The van der Waals surface area contributed by atoms with E-state index in [1.165, 1.54) is 6.21 Å². The van der Waals surface area contributed by atoms with Crippen molar-refractivity contribution >= 4 is 46.7 Å². The average molecular weight is 354 g/mol. The van der Waals surface area contributed by atoms with Crippen molar-refractivity contribution < 1.29 is 4.74 Å². The van der Waals surface area contributed by atoms with Crippen LogP contribution in [0.25, 0.3) is 0 Å². The van der Waals surface area contributed by atoms with Crippen molar-refractivity contribution in [2.24, 2.45) is 10.8 Å². The summed E-state index contributed by atoms with van der Waals surface area (Å²) in [5.41, 5.74) is 9.43. The van der Waals surface area contributed by atoms with Gasteiger partial charge in [-0.05, 0) is 29.9 Å². The maximum absolute atomic E-state index is 6.20. The third kappa shape index (κ3) is 4.87. The highest BCUT2D eigenvalue weighted by Crippen LogP contribution is 2.32. The lowest BCUT2D eigenvalue weighted by atomic mass is 10.2. The number of nitrogens with one attached hydrogen (secondary N) is 1. The van der Waals surface area contributed by atoms with Gasteiger partial charge in [0.05, 0.1) is 11.2 Å². The molecule has 0 aromatic heterocycles. The van der Waals surface area contributed by atoms with E-state index in [0.29, 0.717) is 28.0 Å². The van der Waals surface area contributed by atoms with Crippen molar-refractivity contribution in [1.82, 2.24) is 5.43 Å². The Hall–Kier alpha value is -1.82. The lowest BCUT2D eigenvalue weighted by Gasteiger charge is -2.11. The van der Waals surface area contributed by atoms with Crippen LogP contribution in [0.5, 0.6) is 5.75 Å². The number of nitrogens with two attached hydrogens (primary N) is 1. The Morgan fingerprint density at radius 1 is 1.27 bits per heavy atom. The maximum Gasteiger partial charge on any atom is 0.184 e. The molecule has 0 bridgehead atoms. The van der Waals surface area contributed by atoms with E-state index in [1.54, 1.807) is 12.1 Å². The van der Waals surface area contributed by atoms with E-state index in [9.17, 15) is 0 Å². The number of ether oxygens (including phenoxy) is 1. The summed E-state index contributed by atoms with van der Waals surface area (Å²) in [6, 6.07) is 13.1. The second-order valence-electron chi connectivity index (χ2n) is 4.31. The first-order valence-electron chi connectivity index (χ1n) is 6.30. The van der Waals surface area contributed by atoms with Gasteiger partial charge in [-0.3, -0.25) is 5.43 Å². The second-order valence-corrected chi connectivity index (χ2v) is 5.60. The van der Waals surface area contributed by atoms with Crippen molar-refractivity contribution in [2.75, 3.05) is 0 Å². The van der Waals surface area contributed by atoms with Crippen LogP contribution in [0, 0.1) is 0 Å². The molecular formula is C15H13Cl2N3OS. The van der Waals surface area contributed by atoms with E-state index in [1.807, 2.05) is 30.3 Å². The van der Waals surface area contributed by atoms with Gasteiger partial charge in [0, 0.05) is 10.6 Å². The Morgan fingerprint density at radius 2 is 2.00 bits per heavy atom. The number of hydrogen-bond acceptors (Lipinski definition) is 3. The summed E-state index contributed by atoms with van der Waals surface area (Å²) >= 11 is 16.9. The summed E-state index contributed by atoms with van der Waals surface area (Å²) in [7, 11) is 0. The van der Waals surface area contributed by atoms with Crippen molar-refractivity contribution in [3.8, 4) is 5.75 Å². The van der Waals surface area contributed by atoms with E-state index in [-0.39, 0.29) is 5.11 Å². The van der Waals surface area contributed by atoms with Gasteiger partial charge in [0.1, 0.15) is 12.4 Å². The van der Waals surface area contributed by atoms with Gasteiger partial charge in [0.25, 0.3) is 0 Å². The van der Waals surface area contributed by atoms with Gasteiger partial charge in [-0.25, -0.2) is 0 Å². The predicted molar refractivity (Wildman–Crippen MR) is 94.8 cm³/mol. The molecule has 0 amide bonds. The van der Waals surface area contributed by atoms with E-state index in [4.69, 9.17) is 33.7 Å². The molecule has 0 atom stereocenters. The van der Waals surface area contributed by atoms with Gasteiger partial charge in [-0.1, -0.05) is 53.5 Å². The highest BCUT2D eigenvalue weighted by Gasteiger charge is 2.10. The molecule has 2 aromatic carbocycles. The molecule has 4 nitrogen and oxygen atoms in total. The highest BCUT2D eigenvalue weighted by atomic mass is 35.5. The lowest BCUT2D eigenvalue weighted by Crippen LogP contribution is -2.24. The summed E-state index contributed by atoms with van der Waals surface area (Å²) in [4.78, 5) is 0. The average Bonchev–Trinajstić information content (AvgIpc) is 2.47. The molecule has 0 radical (unpaired) electrons. The molecule has 0 unspecified atom stereocenters. The molecule has 22 heavy (non-hydrogen) atoms. The Kier molecular flexibility index (Phi) is 6.00. The molecule has 0 heterocycles. The molecule has 0 saturated carbocycles. The van der Waals surface area contributed by atoms with Crippen LogP contribution < -0.4 is 15.9 Å². The molecule has 114 valence electrons.